The van der Waals surface area contributed by atoms with E-state index in [2.05, 4.69) is 58.1 Å². The summed E-state index contributed by atoms with van der Waals surface area (Å²) in [4.78, 5) is 0. The second kappa shape index (κ2) is 5.65. The van der Waals surface area contributed by atoms with Gasteiger partial charge in [-0.15, -0.1) is 0 Å². The Morgan fingerprint density at radius 2 is 1.71 bits per heavy atom. The normalized spacial score (nSPS) is 15.0. The first-order valence-corrected chi connectivity index (χ1v) is 6.32. The fraction of sp³-hybridized carbons (Fsp3) is 0.600. The van der Waals surface area contributed by atoms with E-state index in [1.165, 1.54) is 11.1 Å². The van der Waals surface area contributed by atoms with Gasteiger partial charge in [-0.3, -0.25) is 0 Å². The zero-order valence-electron chi connectivity index (χ0n) is 11.7. The van der Waals surface area contributed by atoms with Gasteiger partial charge < -0.3 is 10.4 Å². The van der Waals surface area contributed by atoms with Crippen LogP contribution in [0.3, 0.4) is 0 Å². The highest BCUT2D eigenvalue weighted by Crippen LogP contribution is 2.23. The third kappa shape index (κ3) is 3.83. The van der Waals surface area contributed by atoms with Gasteiger partial charge in [-0.1, -0.05) is 43.2 Å². The van der Waals surface area contributed by atoms with Gasteiger partial charge in [0.2, 0.25) is 0 Å². The van der Waals surface area contributed by atoms with Gasteiger partial charge >= 0.3 is 0 Å². The van der Waals surface area contributed by atoms with Crippen molar-refractivity contribution in [1.29, 1.82) is 0 Å². The minimum absolute atomic E-state index is 0.114. The topological polar surface area (TPSA) is 32.3 Å². The van der Waals surface area contributed by atoms with Crippen LogP contribution >= 0.6 is 0 Å². The summed E-state index contributed by atoms with van der Waals surface area (Å²) in [6, 6.07) is 6.46. The van der Waals surface area contributed by atoms with E-state index in [1.807, 2.05) is 0 Å². The quantitative estimate of drug-likeness (QED) is 0.822. The highest BCUT2D eigenvalue weighted by Gasteiger charge is 2.25. The Balaban J connectivity index is 2.98. The minimum Gasteiger partial charge on any atom is -0.394 e. The van der Waals surface area contributed by atoms with Crippen molar-refractivity contribution in [3.8, 4) is 0 Å². The third-order valence-corrected chi connectivity index (χ3v) is 3.08. The monoisotopic (exact) mass is 235 g/mol. The van der Waals surface area contributed by atoms with Crippen molar-refractivity contribution in [3.05, 3.63) is 34.9 Å². The van der Waals surface area contributed by atoms with Gasteiger partial charge in [-0.25, -0.2) is 0 Å². The van der Waals surface area contributed by atoms with E-state index in [0.717, 1.165) is 12.1 Å². The summed E-state index contributed by atoms with van der Waals surface area (Å²) >= 11 is 0. The van der Waals surface area contributed by atoms with E-state index in [1.54, 1.807) is 0 Å². The highest BCUT2D eigenvalue weighted by molar-refractivity contribution is 5.33. The van der Waals surface area contributed by atoms with E-state index in [9.17, 15) is 5.11 Å². The number of rotatable bonds is 5. The molecule has 0 spiro atoms. The molecule has 0 aliphatic rings. The third-order valence-electron chi connectivity index (χ3n) is 3.08. The van der Waals surface area contributed by atoms with Gasteiger partial charge in [-0.05, 0) is 38.8 Å². The van der Waals surface area contributed by atoms with Crippen LogP contribution in [0.15, 0.2) is 18.2 Å². The standard InChI is InChI=1S/C15H25NO/c1-11(2)9-16-15(5,10-17)14-7-12(3)6-13(4)8-14/h6-8,11,16-17H,9-10H2,1-5H3. The lowest BCUT2D eigenvalue weighted by Crippen LogP contribution is -2.44. The Kier molecular flexibility index (Phi) is 4.72. The van der Waals surface area contributed by atoms with E-state index >= 15 is 0 Å². The summed E-state index contributed by atoms with van der Waals surface area (Å²) in [6.07, 6.45) is 0. The van der Waals surface area contributed by atoms with Crippen molar-refractivity contribution >= 4 is 0 Å². The SMILES string of the molecule is Cc1cc(C)cc(C(C)(CO)NCC(C)C)c1. The first-order chi connectivity index (χ1) is 7.87. The number of benzene rings is 1. The molecule has 96 valence electrons. The van der Waals surface area contributed by atoms with Gasteiger partial charge in [-0.2, -0.15) is 0 Å². The Morgan fingerprint density at radius 3 is 2.12 bits per heavy atom. The van der Waals surface area contributed by atoms with Gasteiger partial charge in [0, 0.05) is 0 Å². The van der Waals surface area contributed by atoms with Crippen molar-refractivity contribution in [1.82, 2.24) is 5.32 Å². The smallest absolute Gasteiger partial charge is 0.0652 e. The van der Waals surface area contributed by atoms with Crippen molar-refractivity contribution in [2.75, 3.05) is 13.2 Å². The molecule has 1 aromatic rings. The average Bonchev–Trinajstić information content (AvgIpc) is 2.24. The highest BCUT2D eigenvalue weighted by atomic mass is 16.3. The van der Waals surface area contributed by atoms with Crippen LogP contribution in [-0.4, -0.2) is 18.3 Å². The van der Waals surface area contributed by atoms with Crippen molar-refractivity contribution < 1.29 is 5.11 Å². The van der Waals surface area contributed by atoms with E-state index in [4.69, 9.17) is 0 Å². The summed E-state index contributed by atoms with van der Waals surface area (Å²) in [6.45, 7) is 11.6. The Hall–Kier alpha value is -0.860. The molecule has 17 heavy (non-hydrogen) atoms. The van der Waals surface area contributed by atoms with Crippen LogP contribution in [0, 0.1) is 19.8 Å². The molecule has 2 nitrogen and oxygen atoms in total. The predicted octanol–water partition coefficient (Wildman–Crippen LogP) is 2.76. The number of aliphatic hydroxyl groups excluding tert-OH is 1. The van der Waals surface area contributed by atoms with Crippen LogP contribution in [0.4, 0.5) is 0 Å². The second-order valence-corrected chi connectivity index (χ2v) is 5.64. The van der Waals surface area contributed by atoms with Crippen LogP contribution < -0.4 is 5.32 Å². The fourth-order valence-electron chi connectivity index (χ4n) is 1.97. The Bertz CT molecular complexity index is 353. The number of aryl methyl sites for hydroxylation is 2. The lowest BCUT2D eigenvalue weighted by atomic mass is 9.90. The molecule has 0 fully saturated rings. The molecular weight excluding hydrogens is 210 g/mol. The zero-order valence-corrected chi connectivity index (χ0v) is 11.7. The molecule has 0 aromatic heterocycles. The maximum atomic E-state index is 9.67. The fourth-order valence-corrected chi connectivity index (χ4v) is 1.97. The molecule has 0 heterocycles. The maximum absolute atomic E-state index is 9.67. The molecule has 1 aromatic carbocycles. The van der Waals surface area contributed by atoms with Crippen LogP contribution in [0.2, 0.25) is 0 Å². The second-order valence-electron chi connectivity index (χ2n) is 5.64. The lowest BCUT2D eigenvalue weighted by Gasteiger charge is -2.31. The van der Waals surface area contributed by atoms with Gasteiger partial charge in [0.15, 0.2) is 0 Å². The lowest BCUT2D eigenvalue weighted by molar-refractivity contribution is 0.171. The van der Waals surface area contributed by atoms with Crippen LogP contribution in [0.25, 0.3) is 0 Å². The molecule has 0 aliphatic carbocycles. The molecule has 2 N–H and O–H groups in total. The largest absolute Gasteiger partial charge is 0.394 e. The molecule has 1 rings (SSSR count). The van der Waals surface area contributed by atoms with Gasteiger partial charge in [0.25, 0.3) is 0 Å². The van der Waals surface area contributed by atoms with Crippen LogP contribution in [0.1, 0.15) is 37.5 Å². The first-order valence-electron chi connectivity index (χ1n) is 6.32. The maximum Gasteiger partial charge on any atom is 0.0652 e. The molecule has 0 aliphatic heterocycles. The van der Waals surface area contributed by atoms with E-state index in [0.29, 0.717) is 5.92 Å². The Labute approximate surface area is 105 Å². The number of aliphatic hydroxyl groups is 1. The molecule has 0 saturated heterocycles. The molecule has 0 saturated carbocycles. The molecule has 1 atom stereocenters. The minimum atomic E-state index is -0.346. The van der Waals surface area contributed by atoms with Gasteiger partial charge in [0.1, 0.15) is 0 Å². The van der Waals surface area contributed by atoms with Gasteiger partial charge in [0.05, 0.1) is 12.1 Å². The first kappa shape index (κ1) is 14.2. The average molecular weight is 235 g/mol. The summed E-state index contributed by atoms with van der Waals surface area (Å²) < 4.78 is 0. The molecule has 0 amide bonds. The molecule has 0 radical (unpaired) electrons. The summed E-state index contributed by atoms with van der Waals surface area (Å²) in [5.41, 5.74) is 3.30. The number of hydrogen-bond acceptors (Lipinski definition) is 2. The zero-order chi connectivity index (χ0) is 13.1. The van der Waals surface area contributed by atoms with E-state index in [-0.39, 0.29) is 12.1 Å². The van der Waals surface area contributed by atoms with E-state index < -0.39 is 0 Å². The predicted molar refractivity (Wildman–Crippen MR) is 73.2 cm³/mol. The number of nitrogens with one attached hydrogen (secondary N) is 1. The molecule has 1 unspecified atom stereocenters. The number of hydrogen-bond donors (Lipinski definition) is 2. The Morgan fingerprint density at radius 1 is 1.18 bits per heavy atom. The van der Waals surface area contributed by atoms with Crippen LogP contribution in [0.5, 0.6) is 0 Å². The summed E-state index contributed by atoms with van der Waals surface area (Å²) in [7, 11) is 0. The van der Waals surface area contributed by atoms with Crippen molar-refractivity contribution in [2.24, 2.45) is 5.92 Å². The summed E-state index contributed by atoms with van der Waals surface area (Å²) in [5.74, 6) is 0.576. The molecular formula is C15H25NO. The van der Waals surface area contributed by atoms with Crippen molar-refractivity contribution in [3.63, 3.8) is 0 Å². The molecule has 2 heteroatoms. The van der Waals surface area contributed by atoms with Crippen LogP contribution in [-0.2, 0) is 5.54 Å². The van der Waals surface area contributed by atoms with Crippen molar-refractivity contribution in [2.45, 2.75) is 40.2 Å². The molecule has 0 bridgehead atoms. The summed E-state index contributed by atoms with van der Waals surface area (Å²) in [5, 5.41) is 13.1.